The molecule has 4 heteroatoms. The van der Waals surface area contributed by atoms with Gasteiger partial charge in [-0.3, -0.25) is 10.1 Å². The van der Waals surface area contributed by atoms with Crippen molar-refractivity contribution in [2.75, 3.05) is 11.9 Å². The lowest BCUT2D eigenvalue weighted by Crippen LogP contribution is -2.31. The van der Waals surface area contributed by atoms with Gasteiger partial charge in [-0.15, -0.1) is 11.3 Å². The lowest BCUT2D eigenvalue weighted by atomic mass is 10.0. The number of aryl methyl sites for hydroxylation is 3. The molecule has 1 amide bonds. The molecule has 0 unspecified atom stereocenters. The molecule has 0 saturated carbocycles. The minimum Gasteiger partial charge on any atom is -0.325 e. The molecule has 3 aromatic rings. The third kappa shape index (κ3) is 5.06. The normalized spacial score (nSPS) is 12.0. The van der Waals surface area contributed by atoms with Crippen molar-refractivity contribution >= 4 is 22.9 Å². The van der Waals surface area contributed by atoms with E-state index in [1.807, 2.05) is 32.0 Å². The third-order valence-electron chi connectivity index (χ3n) is 4.68. The fourth-order valence-corrected chi connectivity index (χ4v) is 3.87. The Morgan fingerprint density at radius 2 is 1.85 bits per heavy atom. The Morgan fingerprint density at radius 1 is 1.07 bits per heavy atom. The maximum absolute atomic E-state index is 12.5. The number of thiophene rings is 1. The van der Waals surface area contributed by atoms with Gasteiger partial charge in [-0.1, -0.05) is 49.4 Å². The average molecular weight is 379 g/mol. The maximum atomic E-state index is 12.5. The molecule has 27 heavy (non-hydrogen) atoms. The predicted octanol–water partition coefficient (Wildman–Crippen LogP) is 5.25. The van der Waals surface area contributed by atoms with Crippen LogP contribution in [0.1, 0.15) is 40.1 Å². The van der Waals surface area contributed by atoms with Crippen LogP contribution in [0.3, 0.4) is 0 Å². The molecular weight excluding hydrogens is 352 g/mol. The summed E-state index contributed by atoms with van der Waals surface area (Å²) in [6.07, 6.45) is 1.02. The van der Waals surface area contributed by atoms with E-state index in [2.05, 4.69) is 59.3 Å². The summed E-state index contributed by atoms with van der Waals surface area (Å²) in [5.41, 5.74) is 5.57. The summed E-state index contributed by atoms with van der Waals surface area (Å²) < 4.78 is 0. The van der Waals surface area contributed by atoms with Crippen LogP contribution in [-0.2, 0) is 11.2 Å². The molecule has 0 fully saturated rings. The fourth-order valence-electron chi connectivity index (χ4n) is 3.04. The van der Waals surface area contributed by atoms with E-state index in [-0.39, 0.29) is 18.5 Å². The highest BCUT2D eigenvalue weighted by Crippen LogP contribution is 2.26. The molecule has 1 atom stereocenters. The van der Waals surface area contributed by atoms with Gasteiger partial charge in [-0.2, -0.15) is 0 Å². The monoisotopic (exact) mass is 378 g/mol. The lowest BCUT2D eigenvalue weighted by molar-refractivity contribution is -0.115. The first-order chi connectivity index (χ1) is 13.1. The molecule has 0 spiro atoms. The summed E-state index contributed by atoms with van der Waals surface area (Å²) in [7, 11) is 0. The fraction of sp³-hybridized carbons (Fsp3) is 0.261. The van der Waals surface area contributed by atoms with Crippen molar-refractivity contribution in [2.45, 2.75) is 33.2 Å². The molecule has 140 valence electrons. The molecule has 0 radical (unpaired) electrons. The molecule has 3 nitrogen and oxygen atoms in total. The number of rotatable bonds is 7. The average Bonchev–Trinajstić information content (AvgIpc) is 3.20. The molecule has 0 bridgehead atoms. The highest BCUT2D eigenvalue weighted by Gasteiger charge is 2.16. The van der Waals surface area contributed by atoms with Crippen LogP contribution in [0.2, 0.25) is 0 Å². The molecule has 0 aliphatic carbocycles. The van der Waals surface area contributed by atoms with Gasteiger partial charge in [-0.05, 0) is 60.0 Å². The van der Waals surface area contributed by atoms with E-state index >= 15 is 0 Å². The first kappa shape index (κ1) is 19.3. The Balaban J connectivity index is 1.71. The van der Waals surface area contributed by atoms with Crippen LogP contribution in [0.25, 0.3) is 0 Å². The van der Waals surface area contributed by atoms with Crippen molar-refractivity contribution < 1.29 is 4.79 Å². The lowest BCUT2D eigenvalue weighted by Gasteiger charge is -2.19. The van der Waals surface area contributed by atoms with Crippen molar-refractivity contribution in [3.63, 3.8) is 0 Å². The number of nitrogens with one attached hydrogen (secondary N) is 2. The Bertz CT molecular complexity index is 885. The van der Waals surface area contributed by atoms with Crippen LogP contribution in [0.5, 0.6) is 0 Å². The topological polar surface area (TPSA) is 41.1 Å². The van der Waals surface area contributed by atoms with Crippen LogP contribution in [0, 0.1) is 13.8 Å². The van der Waals surface area contributed by atoms with Gasteiger partial charge >= 0.3 is 0 Å². The first-order valence-electron chi connectivity index (χ1n) is 9.29. The second kappa shape index (κ2) is 8.98. The van der Waals surface area contributed by atoms with Gasteiger partial charge in [0.1, 0.15) is 0 Å². The molecule has 2 N–H and O–H groups in total. The second-order valence-electron chi connectivity index (χ2n) is 6.79. The summed E-state index contributed by atoms with van der Waals surface area (Å²) in [5.74, 6) is -0.0320. The first-order valence-corrected chi connectivity index (χ1v) is 10.2. The van der Waals surface area contributed by atoms with Crippen molar-refractivity contribution in [3.05, 3.63) is 87.1 Å². The summed E-state index contributed by atoms with van der Waals surface area (Å²) in [6.45, 7) is 6.44. The number of hydrogen-bond acceptors (Lipinski definition) is 3. The third-order valence-corrected chi connectivity index (χ3v) is 5.62. The molecule has 0 saturated heterocycles. The number of amides is 1. The van der Waals surface area contributed by atoms with Gasteiger partial charge in [0.25, 0.3) is 0 Å². The molecular formula is C23H26N2OS. The zero-order valence-corrected chi connectivity index (χ0v) is 16.9. The summed E-state index contributed by atoms with van der Waals surface area (Å²) in [4.78, 5) is 13.7. The van der Waals surface area contributed by atoms with Gasteiger partial charge in [0.05, 0.1) is 12.6 Å². The minimum atomic E-state index is -0.0320. The smallest absolute Gasteiger partial charge is 0.238 e. The van der Waals surface area contributed by atoms with Gasteiger partial charge in [0.15, 0.2) is 0 Å². The van der Waals surface area contributed by atoms with Crippen LogP contribution in [0.4, 0.5) is 5.69 Å². The number of anilines is 1. The quantitative estimate of drug-likeness (QED) is 0.590. The Hall–Kier alpha value is -2.43. The number of hydrogen-bond donors (Lipinski definition) is 2. The molecule has 0 aliphatic heterocycles. The molecule has 0 aliphatic rings. The summed E-state index contributed by atoms with van der Waals surface area (Å²) >= 11 is 1.70. The summed E-state index contributed by atoms with van der Waals surface area (Å²) in [6, 6.07) is 18.9. The van der Waals surface area contributed by atoms with E-state index in [1.54, 1.807) is 11.3 Å². The predicted molar refractivity (Wildman–Crippen MR) is 115 cm³/mol. The van der Waals surface area contributed by atoms with E-state index in [1.165, 1.54) is 16.0 Å². The Labute approximate surface area is 165 Å². The van der Waals surface area contributed by atoms with Crippen molar-refractivity contribution in [1.29, 1.82) is 0 Å². The van der Waals surface area contributed by atoms with Crippen molar-refractivity contribution in [3.8, 4) is 0 Å². The zero-order valence-electron chi connectivity index (χ0n) is 16.1. The van der Waals surface area contributed by atoms with Crippen LogP contribution in [-0.4, -0.2) is 12.5 Å². The van der Waals surface area contributed by atoms with Crippen molar-refractivity contribution in [2.24, 2.45) is 0 Å². The Morgan fingerprint density at radius 3 is 2.52 bits per heavy atom. The maximum Gasteiger partial charge on any atom is 0.238 e. The Kier molecular flexibility index (Phi) is 6.43. The molecule has 2 aromatic carbocycles. The highest BCUT2D eigenvalue weighted by molar-refractivity contribution is 7.10. The second-order valence-corrected chi connectivity index (χ2v) is 7.77. The van der Waals surface area contributed by atoms with Gasteiger partial charge in [-0.25, -0.2) is 0 Å². The summed E-state index contributed by atoms with van der Waals surface area (Å²) in [5, 5.41) is 8.52. The van der Waals surface area contributed by atoms with E-state index in [0.717, 1.165) is 23.2 Å². The van der Waals surface area contributed by atoms with Gasteiger partial charge in [0.2, 0.25) is 5.91 Å². The van der Waals surface area contributed by atoms with Gasteiger partial charge < -0.3 is 5.32 Å². The minimum absolute atomic E-state index is 0.0141. The van der Waals surface area contributed by atoms with Crippen molar-refractivity contribution in [1.82, 2.24) is 5.32 Å². The van der Waals surface area contributed by atoms with E-state index in [0.29, 0.717) is 0 Å². The highest BCUT2D eigenvalue weighted by atomic mass is 32.1. The number of benzene rings is 2. The van der Waals surface area contributed by atoms with Crippen LogP contribution in [0.15, 0.2) is 60.0 Å². The molecule has 1 heterocycles. The van der Waals surface area contributed by atoms with Gasteiger partial charge in [0, 0.05) is 10.6 Å². The molecule has 3 rings (SSSR count). The number of carbonyl (C=O) groups is 1. The van der Waals surface area contributed by atoms with Crippen LogP contribution >= 0.6 is 11.3 Å². The SMILES string of the molecule is CCc1ccc([C@H](NCC(=O)Nc2cc(C)ccc2C)c2cccs2)cc1. The standard InChI is InChI=1S/C23H26N2OS/c1-4-18-9-11-19(12-10-18)23(21-6-5-13-27-21)24-15-22(26)25-20-14-16(2)7-8-17(20)3/h5-14,23-24H,4,15H2,1-3H3,(H,25,26)/t23-/m0/s1. The molecule has 1 aromatic heterocycles. The largest absolute Gasteiger partial charge is 0.325 e. The zero-order chi connectivity index (χ0) is 19.2. The number of carbonyl (C=O) groups excluding carboxylic acids is 1. The van der Waals surface area contributed by atoms with Crippen LogP contribution < -0.4 is 10.6 Å². The van der Waals surface area contributed by atoms with E-state index in [4.69, 9.17) is 0 Å². The van der Waals surface area contributed by atoms with E-state index < -0.39 is 0 Å². The van der Waals surface area contributed by atoms with E-state index in [9.17, 15) is 4.79 Å².